The summed E-state index contributed by atoms with van der Waals surface area (Å²) in [6.07, 6.45) is 1.85. The minimum Gasteiger partial charge on any atom is -0.349 e. The van der Waals surface area contributed by atoms with E-state index in [9.17, 15) is 0 Å². The zero-order chi connectivity index (χ0) is 14.7. The molecule has 0 aliphatic heterocycles. The summed E-state index contributed by atoms with van der Waals surface area (Å²) in [7, 11) is 0. The van der Waals surface area contributed by atoms with Gasteiger partial charge in [0.1, 0.15) is 5.03 Å². The van der Waals surface area contributed by atoms with E-state index in [0.717, 1.165) is 22.1 Å². The van der Waals surface area contributed by atoms with Crippen molar-refractivity contribution in [2.45, 2.75) is 29.9 Å². The van der Waals surface area contributed by atoms with Crippen molar-refractivity contribution >= 4 is 22.7 Å². The molecule has 0 spiro atoms. The van der Waals surface area contributed by atoms with Gasteiger partial charge in [-0.1, -0.05) is 43.0 Å². The SMILES string of the molecule is CCNC(C)c1cccnc1Sc1cc2ccccc2[nH]1. The predicted molar refractivity (Wildman–Crippen MR) is 88.8 cm³/mol. The van der Waals surface area contributed by atoms with Crippen LogP contribution in [0.5, 0.6) is 0 Å². The van der Waals surface area contributed by atoms with Crippen LogP contribution in [0.4, 0.5) is 0 Å². The Hall–Kier alpha value is -1.78. The lowest BCUT2D eigenvalue weighted by Crippen LogP contribution is -2.18. The molecule has 0 saturated carbocycles. The van der Waals surface area contributed by atoms with Gasteiger partial charge in [-0.2, -0.15) is 0 Å². The fourth-order valence-corrected chi connectivity index (χ4v) is 3.47. The number of rotatable bonds is 5. The van der Waals surface area contributed by atoms with Gasteiger partial charge >= 0.3 is 0 Å². The number of hydrogen-bond donors (Lipinski definition) is 2. The summed E-state index contributed by atoms with van der Waals surface area (Å²) in [4.78, 5) is 8.00. The molecule has 3 nitrogen and oxygen atoms in total. The average Bonchev–Trinajstić information content (AvgIpc) is 2.90. The maximum Gasteiger partial charge on any atom is 0.107 e. The minimum atomic E-state index is 0.301. The van der Waals surface area contributed by atoms with Gasteiger partial charge in [0.05, 0.1) is 5.03 Å². The van der Waals surface area contributed by atoms with Gasteiger partial charge in [-0.3, -0.25) is 0 Å². The number of benzene rings is 1. The van der Waals surface area contributed by atoms with Gasteiger partial charge in [0, 0.05) is 28.7 Å². The molecule has 2 heterocycles. The van der Waals surface area contributed by atoms with E-state index in [1.165, 1.54) is 10.9 Å². The van der Waals surface area contributed by atoms with Crippen LogP contribution in [0.3, 0.4) is 0 Å². The van der Waals surface area contributed by atoms with E-state index >= 15 is 0 Å². The molecule has 2 aromatic heterocycles. The number of aromatic nitrogens is 2. The van der Waals surface area contributed by atoms with E-state index in [4.69, 9.17) is 0 Å². The Morgan fingerprint density at radius 1 is 1.24 bits per heavy atom. The van der Waals surface area contributed by atoms with Crippen LogP contribution in [0.15, 0.2) is 58.7 Å². The number of hydrogen-bond acceptors (Lipinski definition) is 3. The highest BCUT2D eigenvalue weighted by Crippen LogP contribution is 2.32. The van der Waals surface area contributed by atoms with Gasteiger partial charge in [0.15, 0.2) is 0 Å². The molecule has 1 aromatic carbocycles. The molecule has 2 N–H and O–H groups in total. The number of H-pyrrole nitrogens is 1. The Kier molecular flexibility index (Phi) is 4.27. The fraction of sp³-hybridized carbons (Fsp3) is 0.235. The number of para-hydroxylation sites is 1. The smallest absolute Gasteiger partial charge is 0.107 e. The average molecular weight is 297 g/mol. The van der Waals surface area contributed by atoms with Crippen LogP contribution in [0.2, 0.25) is 0 Å². The van der Waals surface area contributed by atoms with Crippen molar-refractivity contribution < 1.29 is 0 Å². The Bertz CT molecular complexity index is 702. The zero-order valence-corrected chi connectivity index (χ0v) is 13.1. The summed E-state index contributed by atoms with van der Waals surface area (Å²) in [5.41, 5.74) is 2.40. The third-order valence-electron chi connectivity index (χ3n) is 3.49. The van der Waals surface area contributed by atoms with Crippen molar-refractivity contribution in [3.8, 4) is 0 Å². The normalized spacial score (nSPS) is 12.7. The monoisotopic (exact) mass is 297 g/mol. The number of fused-ring (bicyclic) bond motifs is 1. The Labute approximate surface area is 129 Å². The quantitative estimate of drug-likeness (QED) is 0.734. The first-order valence-electron chi connectivity index (χ1n) is 7.22. The van der Waals surface area contributed by atoms with E-state index in [0.29, 0.717) is 6.04 Å². The van der Waals surface area contributed by atoms with E-state index < -0.39 is 0 Å². The highest BCUT2D eigenvalue weighted by Gasteiger charge is 2.12. The standard InChI is InChI=1S/C17H19N3S/c1-3-18-12(2)14-8-6-10-19-17(14)21-16-11-13-7-4-5-9-15(13)20-16/h4-12,18,20H,3H2,1-2H3. The summed E-state index contributed by atoms with van der Waals surface area (Å²) in [6.45, 7) is 5.25. The number of aromatic amines is 1. The van der Waals surface area contributed by atoms with Gasteiger partial charge in [0.2, 0.25) is 0 Å². The third kappa shape index (κ3) is 3.12. The van der Waals surface area contributed by atoms with Crippen molar-refractivity contribution in [3.05, 3.63) is 54.2 Å². The summed E-state index contributed by atoms with van der Waals surface area (Å²) >= 11 is 1.69. The number of nitrogens with zero attached hydrogens (tertiary/aromatic N) is 1. The number of pyridine rings is 1. The van der Waals surface area contributed by atoms with Crippen LogP contribution in [0, 0.1) is 0 Å². The van der Waals surface area contributed by atoms with Gasteiger partial charge in [0.25, 0.3) is 0 Å². The van der Waals surface area contributed by atoms with E-state index in [1.807, 2.05) is 18.3 Å². The van der Waals surface area contributed by atoms with Crippen LogP contribution < -0.4 is 5.32 Å². The molecule has 0 aliphatic carbocycles. The zero-order valence-electron chi connectivity index (χ0n) is 12.3. The maximum absolute atomic E-state index is 4.55. The maximum atomic E-state index is 4.55. The first kappa shape index (κ1) is 14.2. The van der Waals surface area contributed by atoms with E-state index in [-0.39, 0.29) is 0 Å². The molecule has 21 heavy (non-hydrogen) atoms. The van der Waals surface area contributed by atoms with Crippen LogP contribution in [-0.2, 0) is 0 Å². The molecule has 4 heteroatoms. The second kappa shape index (κ2) is 6.33. The highest BCUT2D eigenvalue weighted by atomic mass is 32.2. The largest absolute Gasteiger partial charge is 0.349 e. The molecule has 3 rings (SSSR count). The summed E-state index contributed by atoms with van der Waals surface area (Å²) in [5, 5.41) is 6.86. The lowest BCUT2D eigenvalue weighted by Gasteiger charge is -2.15. The van der Waals surface area contributed by atoms with Crippen molar-refractivity contribution in [3.63, 3.8) is 0 Å². The first-order valence-corrected chi connectivity index (χ1v) is 8.03. The van der Waals surface area contributed by atoms with Crippen molar-refractivity contribution in [1.82, 2.24) is 15.3 Å². The summed E-state index contributed by atoms with van der Waals surface area (Å²) in [5.74, 6) is 0. The Balaban J connectivity index is 1.90. The topological polar surface area (TPSA) is 40.7 Å². The lowest BCUT2D eigenvalue weighted by atomic mass is 10.1. The molecule has 0 fully saturated rings. The molecule has 0 aliphatic rings. The molecular weight excluding hydrogens is 278 g/mol. The van der Waals surface area contributed by atoms with Gasteiger partial charge in [-0.05, 0) is 31.7 Å². The second-order valence-corrected chi connectivity index (χ2v) is 6.03. The van der Waals surface area contributed by atoms with Crippen molar-refractivity contribution in [2.75, 3.05) is 6.54 Å². The fourth-order valence-electron chi connectivity index (χ4n) is 2.44. The Morgan fingerprint density at radius 3 is 2.90 bits per heavy atom. The molecule has 0 saturated heterocycles. The van der Waals surface area contributed by atoms with Crippen molar-refractivity contribution in [2.24, 2.45) is 0 Å². The highest BCUT2D eigenvalue weighted by molar-refractivity contribution is 7.99. The molecular formula is C17H19N3S. The van der Waals surface area contributed by atoms with E-state index in [2.05, 4.69) is 59.5 Å². The summed E-state index contributed by atoms with van der Waals surface area (Å²) in [6, 6.07) is 14.9. The molecule has 0 amide bonds. The molecule has 3 aromatic rings. The van der Waals surface area contributed by atoms with Crippen LogP contribution in [0.25, 0.3) is 10.9 Å². The minimum absolute atomic E-state index is 0.301. The molecule has 0 radical (unpaired) electrons. The Morgan fingerprint density at radius 2 is 2.10 bits per heavy atom. The first-order chi connectivity index (χ1) is 10.3. The third-order valence-corrected chi connectivity index (χ3v) is 4.46. The lowest BCUT2D eigenvalue weighted by molar-refractivity contribution is 0.585. The molecule has 108 valence electrons. The van der Waals surface area contributed by atoms with E-state index in [1.54, 1.807) is 11.8 Å². The number of nitrogens with one attached hydrogen (secondary N) is 2. The van der Waals surface area contributed by atoms with Crippen LogP contribution in [-0.4, -0.2) is 16.5 Å². The second-order valence-electron chi connectivity index (χ2n) is 5.00. The van der Waals surface area contributed by atoms with Crippen LogP contribution >= 0.6 is 11.8 Å². The summed E-state index contributed by atoms with van der Waals surface area (Å²) < 4.78 is 0. The molecule has 1 unspecified atom stereocenters. The predicted octanol–water partition coefficient (Wildman–Crippen LogP) is 4.38. The molecule has 1 atom stereocenters. The van der Waals surface area contributed by atoms with Gasteiger partial charge in [-0.15, -0.1) is 0 Å². The van der Waals surface area contributed by atoms with Crippen molar-refractivity contribution in [1.29, 1.82) is 0 Å². The van der Waals surface area contributed by atoms with Gasteiger partial charge in [-0.25, -0.2) is 4.98 Å². The van der Waals surface area contributed by atoms with Crippen LogP contribution in [0.1, 0.15) is 25.5 Å². The van der Waals surface area contributed by atoms with Gasteiger partial charge < -0.3 is 10.3 Å². The molecule has 0 bridgehead atoms.